The zero-order valence-electron chi connectivity index (χ0n) is 15.1. The second-order valence-electron chi connectivity index (χ2n) is 5.64. The molecule has 0 aliphatic heterocycles. The molecule has 29 heavy (non-hydrogen) atoms. The highest BCUT2D eigenvalue weighted by atomic mass is 35.5. The zero-order valence-corrected chi connectivity index (χ0v) is 16.7. The molecule has 0 fully saturated rings. The van der Waals surface area contributed by atoms with Gasteiger partial charge >= 0.3 is 0 Å². The monoisotopic (exact) mass is 448 g/mol. The first-order chi connectivity index (χ1) is 13.7. The fourth-order valence-corrected chi connectivity index (χ4v) is 3.51. The van der Waals surface area contributed by atoms with Crippen LogP contribution in [-0.4, -0.2) is 50.2 Å². The van der Waals surface area contributed by atoms with Gasteiger partial charge in [-0.1, -0.05) is 11.6 Å². The summed E-state index contributed by atoms with van der Waals surface area (Å²) in [5.74, 6) is -0.674. The van der Waals surface area contributed by atoms with Crippen LogP contribution in [-0.2, 0) is 10.0 Å². The molecular weight excluding hydrogens is 434 g/mol. The van der Waals surface area contributed by atoms with Crippen molar-refractivity contribution in [1.82, 2.24) is 14.5 Å². The van der Waals surface area contributed by atoms with Crippen molar-refractivity contribution < 1.29 is 31.4 Å². The number of alkyl halides is 2. The van der Waals surface area contributed by atoms with Gasteiger partial charge in [-0.3, -0.25) is 4.57 Å². The van der Waals surface area contributed by atoms with Gasteiger partial charge in [-0.15, -0.1) is 0 Å². The first-order valence-electron chi connectivity index (χ1n) is 7.90. The van der Waals surface area contributed by atoms with Gasteiger partial charge in [0.15, 0.2) is 0 Å². The highest BCUT2D eigenvalue weighted by Crippen LogP contribution is 2.36. The third-order valence-corrected chi connectivity index (χ3v) is 4.96. The predicted molar refractivity (Wildman–Crippen MR) is 99.9 cm³/mol. The summed E-state index contributed by atoms with van der Waals surface area (Å²) in [5, 5.41) is 5.92. The Kier molecular flexibility index (Phi) is 5.78. The minimum absolute atomic E-state index is 0.0785. The Morgan fingerprint density at radius 1 is 1.21 bits per heavy atom. The molecule has 0 aliphatic carbocycles. The molecule has 0 bridgehead atoms. The topological polar surface area (TPSA) is 119 Å². The van der Waals surface area contributed by atoms with E-state index in [2.05, 4.69) is 9.97 Å². The fraction of sp³-hybridized carbons (Fsp3) is 0.250. The van der Waals surface area contributed by atoms with Crippen LogP contribution in [0.25, 0.3) is 16.9 Å². The number of benzene rings is 1. The summed E-state index contributed by atoms with van der Waals surface area (Å²) in [6.45, 7) is -0.924. The van der Waals surface area contributed by atoms with Crippen molar-refractivity contribution in [3.8, 4) is 23.5 Å². The Morgan fingerprint density at radius 3 is 2.34 bits per heavy atom. The minimum atomic E-state index is -4.08. The van der Waals surface area contributed by atoms with E-state index < -0.39 is 23.1 Å². The summed E-state index contributed by atoms with van der Waals surface area (Å²) in [7, 11) is -1.57. The van der Waals surface area contributed by atoms with Gasteiger partial charge in [0.2, 0.25) is 21.7 Å². The van der Waals surface area contributed by atoms with Crippen LogP contribution in [0.15, 0.2) is 29.3 Å². The maximum Gasteiger partial charge on any atom is 0.272 e. The molecule has 2 heterocycles. The molecule has 13 heteroatoms. The quantitative estimate of drug-likeness (QED) is 0.589. The van der Waals surface area contributed by atoms with Crippen molar-refractivity contribution in [1.29, 1.82) is 0 Å². The maximum atomic E-state index is 12.5. The predicted octanol–water partition coefficient (Wildman–Crippen LogP) is 2.38. The van der Waals surface area contributed by atoms with Crippen LogP contribution < -0.4 is 19.3 Å². The van der Waals surface area contributed by atoms with Crippen LogP contribution in [0.5, 0.6) is 17.5 Å². The van der Waals surface area contributed by atoms with Crippen LogP contribution in [0.3, 0.4) is 0 Å². The molecule has 0 amide bonds. The van der Waals surface area contributed by atoms with Crippen LogP contribution in [0.4, 0.5) is 8.78 Å². The molecule has 156 valence electrons. The number of rotatable bonds is 7. The summed E-state index contributed by atoms with van der Waals surface area (Å²) >= 11 is 6.04. The SMILES string of the molecule is COc1nc(-n2cc(S(N)(=O)=O)c3ccc(Cl)cc32)nc(OC)c1OCC(F)F. The summed E-state index contributed by atoms with van der Waals surface area (Å²) in [4.78, 5) is 8.07. The minimum Gasteiger partial charge on any atom is -0.478 e. The number of hydrogen-bond donors (Lipinski definition) is 1. The van der Waals surface area contributed by atoms with Gasteiger partial charge in [0.05, 0.1) is 19.7 Å². The van der Waals surface area contributed by atoms with Crippen molar-refractivity contribution >= 4 is 32.5 Å². The van der Waals surface area contributed by atoms with E-state index in [1.807, 2.05) is 0 Å². The standard InChI is InChI=1S/C16H15ClF2N4O5S/c1-26-14-13(28-7-12(18)19)15(27-2)22-16(21-14)23-6-11(29(20,24)25)9-4-3-8(17)5-10(9)23/h3-6,12H,7H2,1-2H3,(H2,20,24,25). The Labute approximate surface area is 169 Å². The normalized spacial score (nSPS) is 11.8. The fourth-order valence-electron chi connectivity index (χ4n) is 2.61. The first kappa shape index (κ1) is 21.0. The average Bonchev–Trinajstić information content (AvgIpc) is 3.04. The van der Waals surface area contributed by atoms with E-state index in [4.69, 9.17) is 31.0 Å². The summed E-state index contributed by atoms with van der Waals surface area (Å²) in [6.07, 6.45) is -1.53. The third kappa shape index (κ3) is 4.18. The highest BCUT2D eigenvalue weighted by molar-refractivity contribution is 7.89. The van der Waals surface area contributed by atoms with E-state index in [9.17, 15) is 17.2 Å². The summed E-state index contributed by atoms with van der Waals surface area (Å²) in [6, 6.07) is 4.49. The van der Waals surface area contributed by atoms with Gasteiger partial charge in [-0.25, -0.2) is 22.3 Å². The van der Waals surface area contributed by atoms with Crippen molar-refractivity contribution in [2.75, 3.05) is 20.8 Å². The van der Waals surface area contributed by atoms with Gasteiger partial charge in [-0.05, 0) is 18.2 Å². The molecule has 0 unspecified atom stereocenters. The van der Waals surface area contributed by atoms with Crippen LogP contribution in [0.1, 0.15) is 0 Å². The largest absolute Gasteiger partial charge is 0.478 e. The lowest BCUT2D eigenvalue weighted by Crippen LogP contribution is -2.12. The van der Waals surface area contributed by atoms with Crippen molar-refractivity contribution in [2.45, 2.75) is 11.3 Å². The first-order valence-corrected chi connectivity index (χ1v) is 9.83. The molecule has 2 N–H and O–H groups in total. The van der Waals surface area contributed by atoms with Crippen molar-refractivity contribution in [3.63, 3.8) is 0 Å². The van der Waals surface area contributed by atoms with E-state index in [0.717, 1.165) is 0 Å². The molecule has 3 aromatic rings. The molecule has 0 atom stereocenters. The van der Waals surface area contributed by atoms with Gasteiger partial charge in [-0.2, -0.15) is 9.97 Å². The number of aromatic nitrogens is 3. The Hall–Kier alpha value is -2.70. The molecular formula is C16H15ClF2N4O5S. The number of ether oxygens (including phenoxy) is 3. The molecule has 9 nitrogen and oxygen atoms in total. The van der Waals surface area contributed by atoms with Gasteiger partial charge < -0.3 is 14.2 Å². The molecule has 0 saturated heterocycles. The maximum absolute atomic E-state index is 12.5. The molecule has 0 saturated carbocycles. The second-order valence-corrected chi connectivity index (χ2v) is 7.61. The van der Waals surface area contributed by atoms with Gasteiger partial charge in [0, 0.05) is 16.6 Å². The number of halogens is 3. The van der Waals surface area contributed by atoms with E-state index in [-0.39, 0.29) is 33.7 Å². The lowest BCUT2D eigenvalue weighted by molar-refractivity contribution is 0.0780. The Balaban J connectivity index is 2.26. The van der Waals surface area contributed by atoms with Crippen LogP contribution in [0.2, 0.25) is 5.02 Å². The summed E-state index contributed by atoms with van der Waals surface area (Å²) in [5.41, 5.74) is 0.340. The number of nitrogens with two attached hydrogens (primary N) is 1. The van der Waals surface area contributed by atoms with Crippen LogP contribution >= 0.6 is 11.6 Å². The van der Waals surface area contributed by atoms with Crippen molar-refractivity contribution in [3.05, 3.63) is 29.4 Å². The van der Waals surface area contributed by atoms with Gasteiger partial charge in [0.25, 0.3) is 18.2 Å². The molecule has 3 rings (SSSR count). The van der Waals surface area contributed by atoms with Gasteiger partial charge in [0.1, 0.15) is 11.5 Å². The number of fused-ring (bicyclic) bond motifs is 1. The molecule has 2 aromatic heterocycles. The molecule has 0 spiro atoms. The zero-order chi connectivity index (χ0) is 21.3. The second kappa shape index (κ2) is 7.97. The van der Waals surface area contributed by atoms with E-state index in [1.54, 1.807) is 0 Å². The van der Waals surface area contributed by atoms with Crippen LogP contribution in [0, 0.1) is 0 Å². The number of hydrogen-bond acceptors (Lipinski definition) is 7. The van der Waals surface area contributed by atoms with E-state index >= 15 is 0 Å². The smallest absolute Gasteiger partial charge is 0.272 e. The summed E-state index contributed by atoms with van der Waals surface area (Å²) < 4.78 is 65.5. The number of primary sulfonamides is 1. The third-order valence-electron chi connectivity index (χ3n) is 3.79. The number of sulfonamides is 1. The van der Waals surface area contributed by atoms with E-state index in [1.165, 1.54) is 43.2 Å². The number of methoxy groups -OCH3 is 2. The number of nitrogens with zero attached hydrogens (tertiary/aromatic N) is 3. The molecule has 1 aromatic carbocycles. The Morgan fingerprint density at radius 2 is 1.83 bits per heavy atom. The average molecular weight is 449 g/mol. The van der Waals surface area contributed by atoms with E-state index in [0.29, 0.717) is 10.5 Å². The highest BCUT2D eigenvalue weighted by Gasteiger charge is 2.24. The Bertz CT molecular complexity index is 1140. The molecule has 0 aliphatic rings. The van der Waals surface area contributed by atoms with Crippen molar-refractivity contribution in [2.24, 2.45) is 5.14 Å². The molecule has 0 radical (unpaired) electrons. The lowest BCUT2D eigenvalue weighted by atomic mass is 10.2. The lowest BCUT2D eigenvalue weighted by Gasteiger charge is -2.14.